The van der Waals surface area contributed by atoms with Crippen molar-refractivity contribution in [3.8, 4) is 0 Å². The van der Waals surface area contributed by atoms with Gasteiger partial charge < -0.3 is 15.4 Å². The Morgan fingerprint density at radius 3 is 2.59 bits per heavy atom. The lowest BCUT2D eigenvalue weighted by molar-refractivity contribution is 0.0374. The summed E-state index contributed by atoms with van der Waals surface area (Å²) in [5, 5.41) is 0. The van der Waals surface area contributed by atoms with Gasteiger partial charge in [-0.15, -0.1) is 0 Å². The Morgan fingerprint density at radius 2 is 2.18 bits per heavy atom. The normalized spacial score (nSPS) is 30.7. The van der Waals surface area contributed by atoms with Gasteiger partial charge in [0.15, 0.2) is 0 Å². The van der Waals surface area contributed by atoms with Gasteiger partial charge in [0.1, 0.15) is 0 Å². The molecule has 0 bridgehead atoms. The number of hydrogen-bond acceptors (Lipinski definition) is 4. The summed E-state index contributed by atoms with van der Waals surface area (Å²) in [7, 11) is 4.35. The third-order valence-corrected chi connectivity index (χ3v) is 4.04. The highest BCUT2D eigenvalue weighted by Gasteiger charge is 2.42. The molecular weight excluding hydrogens is 214 g/mol. The minimum Gasteiger partial charge on any atom is -0.377 e. The van der Waals surface area contributed by atoms with Crippen LogP contribution in [-0.4, -0.2) is 67.8 Å². The van der Waals surface area contributed by atoms with Crippen molar-refractivity contribution in [2.45, 2.75) is 44.9 Å². The highest BCUT2D eigenvalue weighted by atomic mass is 16.5. The first-order valence-electron chi connectivity index (χ1n) is 6.64. The molecule has 0 aromatic heterocycles. The molecule has 1 heterocycles. The fraction of sp³-hybridized carbons (Fsp3) is 1.00. The number of hydrogen-bond donors (Lipinski definition) is 1. The first-order valence-corrected chi connectivity index (χ1v) is 6.64. The summed E-state index contributed by atoms with van der Waals surface area (Å²) in [6.45, 7) is 9.94. The summed E-state index contributed by atoms with van der Waals surface area (Å²) in [5.41, 5.74) is 6.15. The Bertz CT molecular complexity index is 223. The minimum absolute atomic E-state index is 0.133. The molecule has 2 unspecified atom stereocenters. The molecule has 4 nitrogen and oxygen atoms in total. The summed E-state index contributed by atoms with van der Waals surface area (Å²) < 4.78 is 5.62. The van der Waals surface area contributed by atoms with Crippen molar-refractivity contribution in [2.75, 3.05) is 40.3 Å². The van der Waals surface area contributed by atoms with Crippen LogP contribution in [0, 0.1) is 0 Å². The number of likely N-dealkylation sites (N-methyl/N-ethyl adjacent to an activating group) is 2. The topological polar surface area (TPSA) is 41.7 Å². The second kappa shape index (κ2) is 6.14. The highest BCUT2D eigenvalue weighted by Crippen LogP contribution is 2.29. The van der Waals surface area contributed by atoms with Crippen molar-refractivity contribution in [3.05, 3.63) is 0 Å². The Morgan fingerprint density at radius 1 is 1.53 bits per heavy atom. The van der Waals surface area contributed by atoms with E-state index in [0.717, 1.165) is 32.7 Å². The predicted octanol–water partition coefficient (Wildman–Crippen LogP) is 0.765. The smallest absolute Gasteiger partial charge is 0.0597 e. The molecule has 1 fully saturated rings. The van der Waals surface area contributed by atoms with E-state index in [1.54, 1.807) is 0 Å². The quantitative estimate of drug-likeness (QED) is 0.748. The number of likely N-dealkylation sites (tertiary alicyclic amines) is 1. The average molecular weight is 243 g/mol. The van der Waals surface area contributed by atoms with E-state index < -0.39 is 0 Å². The molecule has 0 aliphatic carbocycles. The highest BCUT2D eigenvalue weighted by molar-refractivity contribution is 5.01. The first kappa shape index (κ1) is 14.9. The largest absolute Gasteiger partial charge is 0.377 e. The standard InChI is InChI=1S/C13H29N3O/c1-11(2)17-7-6-16(5)13(9-14)8-12(3)15(4)10-13/h11-12H,6-10,14H2,1-5H3. The van der Waals surface area contributed by atoms with E-state index in [0.29, 0.717) is 12.1 Å². The van der Waals surface area contributed by atoms with Gasteiger partial charge in [-0.05, 0) is 41.3 Å². The van der Waals surface area contributed by atoms with Crippen molar-refractivity contribution < 1.29 is 4.74 Å². The molecule has 1 aliphatic rings. The predicted molar refractivity (Wildman–Crippen MR) is 72.2 cm³/mol. The molecule has 0 aromatic carbocycles. The number of rotatable bonds is 6. The maximum Gasteiger partial charge on any atom is 0.0597 e. The maximum atomic E-state index is 6.02. The summed E-state index contributed by atoms with van der Waals surface area (Å²) in [5.74, 6) is 0. The van der Waals surface area contributed by atoms with Crippen molar-refractivity contribution in [3.63, 3.8) is 0 Å². The van der Waals surface area contributed by atoms with E-state index in [9.17, 15) is 0 Å². The summed E-state index contributed by atoms with van der Waals surface area (Å²) >= 11 is 0. The lowest BCUT2D eigenvalue weighted by Crippen LogP contribution is -2.54. The molecule has 0 aromatic rings. The third-order valence-electron chi connectivity index (χ3n) is 4.04. The van der Waals surface area contributed by atoms with Gasteiger partial charge in [-0.3, -0.25) is 4.90 Å². The number of nitrogens with two attached hydrogens (primary N) is 1. The molecule has 2 N–H and O–H groups in total. The van der Waals surface area contributed by atoms with Crippen LogP contribution in [0.4, 0.5) is 0 Å². The summed E-state index contributed by atoms with van der Waals surface area (Å²) in [6, 6.07) is 0.618. The summed E-state index contributed by atoms with van der Waals surface area (Å²) in [4.78, 5) is 4.78. The van der Waals surface area contributed by atoms with Gasteiger partial charge in [-0.2, -0.15) is 0 Å². The molecule has 1 aliphatic heterocycles. The minimum atomic E-state index is 0.133. The summed E-state index contributed by atoms with van der Waals surface area (Å²) in [6.07, 6.45) is 1.46. The van der Waals surface area contributed by atoms with E-state index >= 15 is 0 Å². The van der Waals surface area contributed by atoms with Gasteiger partial charge in [-0.25, -0.2) is 0 Å². The molecule has 0 amide bonds. The zero-order valence-electron chi connectivity index (χ0n) is 12.1. The third kappa shape index (κ3) is 3.65. The van der Waals surface area contributed by atoms with Crippen molar-refractivity contribution in [1.29, 1.82) is 0 Å². The molecule has 17 heavy (non-hydrogen) atoms. The van der Waals surface area contributed by atoms with Crippen molar-refractivity contribution in [2.24, 2.45) is 5.73 Å². The Balaban J connectivity index is 2.50. The van der Waals surface area contributed by atoms with Crippen LogP contribution in [0.3, 0.4) is 0 Å². The second-order valence-electron chi connectivity index (χ2n) is 5.74. The Labute approximate surface area is 106 Å². The molecule has 0 saturated carbocycles. The second-order valence-corrected chi connectivity index (χ2v) is 5.74. The fourth-order valence-corrected chi connectivity index (χ4v) is 2.63. The van der Waals surface area contributed by atoms with E-state index in [1.165, 1.54) is 0 Å². The molecule has 0 spiro atoms. The van der Waals surface area contributed by atoms with Crippen LogP contribution in [0.1, 0.15) is 27.2 Å². The van der Waals surface area contributed by atoms with Gasteiger partial charge in [0.2, 0.25) is 0 Å². The molecular formula is C13H29N3O. The van der Waals surface area contributed by atoms with E-state index in [4.69, 9.17) is 10.5 Å². The fourth-order valence-electron chi connectivity index (χ4n) is 2.63. The van der Waals surface area contributed by atoms with Crippen molar-refractivity contribution in [1.82, 2.24) is 9.80 Å². The molecule has 4 heteroatoms. The average Bonchev–Trinajstić information content (AvgIpc) is 2.55. The zero-order valence-corrected chi connectivity index (χ0v) is 12.1. The lowest BCUT2D eigenvalue weighted by atomic mass is 9.94. The lowest BCUT2D eigenvalue weighted by Gasteiger charge is -2.38. The van der Waals surface area contributed by atoms with Crippen LogP contribution in [0.25, 0.3) is 0 Å². The van der Waals surface area contributed by atoms with Crippen LogP contribution in [0.2, 0.25) is 0 Å². The van der Waals surface area contributed by atoms with Gasteiger partial charge in [0.05, 0.1) is 12.7 Å². The zero-order chi connectivity index (χ0) is 13.1. The monoisotopic (exact) mass is 243 g/mol. The molecule has 1 rings (SSSR count). The Kier molecular flexibility index (Phi) is 5.38. The van der Waals surface area contributed by atoms with Gasteiger partial charge in [-0.1, -0.05) is 0 Å². The maximum absolute atomic E-state index is 6.02. The number of nitrogens with zero attached hydrogens (tertiary/aromatic N) is 2. The van der Waals surface area contributed by atoms with Crippen LogP contribution < -0.4 is 5.73 Å². The van der Waals surface area contributed by atoms with Gasteiger partial charge >= 0.3 is 0 Å². The van der Waals surface area contributed by atoms with Crippen LogP contribution >= 0.6 is 0 Å². The van der Waals surface area contributed by atoms with Crippen molar-refractivity contribution >= 4 is 0 Å². The van der Waals surface area contributed by atoms with E-state index in [1.807, 2.05) is 0 Å². The van der Waals surface area contributed by atoms with Gasteiger partial charge in [0.25, 0.3) is 0 Å². The van der Waals surface area contributed by atoms with Gasteiger partial charge in [0, 0.05) is 31.2 Å². The molecule has 1 saturated heterocycles. The molecule has 0 radical (unpaired) electrons. The number of ether oxygens (including phenoxy) is 1. The van der Waals surface area contributed by atoms with E-state index in [-0.39, 0.29) is 5.54 Å². The Hall–Kier alpha value is -0.160. The van der Waals surface area contributed by atoms with Crippen LogP contribution in [0.15, 0.2) is 0 Å². The SMILES string of the molecule is CC(C)OCCN(C)C1(CN)CC(C)N(C)C1. The molecule has 102 valence electrons. The van der Waals surface area contributed by atoms with E-state index in [2.05, 4.69) is 44.7 Å². The van der Waals surface area contributed by atoms with Crippen LogP contribution in [-0.2, 0) is 4.74 Å². The first-order chi connectivity index (χ1) is 7.91. The molecule has 2 atom stereocenters. The van der Waals surface area contributed by atoms with Crippen LogP contribution in [0.5, 0.6) is 0 Å².